The van der Waals surface area contributed by atoms with Crippen molar-refractivity contribution in [1.29, 1.82) is 0 Å². The molecular weight excluding hydrogens is 1090 g/mol. The van der Waals surface area contributed by atoms with Crippen LogP contribution in [0, 0.1) is 25.2 Å². The van der Waals surface area contributed by atoms with Crippen molar-refractivity contribution in [2.24, 2.45) is 31.8 Å². The molecule has 1 saturated carbocycles. The van der Waals surface area contributed by atoms with E-state index in [-0.39, 0.29) is 55.7 Å². The number of halogens is 2. The van der Waals surface area contributed by atoms with Crippen LogP contribution in [0.1, 0.15) is 87.4 Å². The molecule has 2 aromatic heterocycles. The van der Waals surface area contributed by atoms with Crippen molar-refractivity contribution in [3.63, 3.8) is 0 Å². The summed E-state index contributed by atoms with van der Waals surface area (Å²) in [6, 6.07) is 28.1. The number of nitrogens with one attached hydrogen (secondary N) is 2. The summed E-state index contributed by atoms with van der Waals surface area (Å²) in [5.74, 6) is 0.940. The Morgan fingerprint density at radius 3 is 1.75 bits per heavy atom. The second kappa shape index (κ2) is 23.6. The SMILES string of the molecule is CC(C)c1ccc2c(c1)CC[C@H]1[C@](C)(C[NH3+])CCC[C@]21C.Cc1[nH]n(-c2cccc(Cl)c2)c(=O)c1N=Nc1cc(S(C)(=O)=O)ccc1[O-].Cc1[nH]n(-c2cccc(Cl)c2)c(=O)c1N=Nc1cc(S(C)(=O)=O)ccc1[OH2+].[Cr]. The first-order valence-electron chi connectivity index (χ1n) is 24.2. The van der Waals surface area contributed by atoms with Gasteiger partial charge in [0, 0.05) is 51.4 Å². The predicted molar refractivity (Wildman–Crippen MR) is 292 cm³/mol. The molecule has 76 heavy (non-hydrogen) atoms. The van der Waals surface area contributed by atoms with Crippen LogP contribution in [0.15, 0.2) is 143 Å². The van der Waals surface area contributed by atoms with Gasteiger partial charge in [-0.05, 0) is 134 Å². The third-order valence-corrected chi connectivity index (χ3v) is 16.9. The van der Waals surface area contributed by atoms with E-state index in [1.54, 1.807) is 73.5 Å². The standard InChI is InChI=1S/C20H31N.2C17H15ClN4O4S.Cr/c1-14(2)15-6-8-17-16(12-15)7-9-18-19(3,13-21)10-5-11-20(17,18)4;2*1-10-16(17(24)22(21-10)12-5-3-4-11(18)8-12)20-19-14-9-13(27(2,25)26)6-7-15(14)23;/h6,8,12,14,18H,5,7,9-11,13,21H2,1-4H3;2*3-9,21,23H,1-2H3;/p+1/t18-,19-,20+;;;/m0.../s1. The molecule has 0 amide bonds. The van der Waals surface area contributed by atoms with Gasteiger partial charge in [0.2, 0.25) is 0 Å². The minimum Gasteiger partial charge on any atom is -0.871 e. The van der Waals surface area contributed by atoms with E-state index < -0.39 is 36.5 Å². The van der Waals surface area contributed by atoms with E-state index in [2.05, 4.69) is 82.3 Å². The van der Waals surface area contributed by atoms with Crippen LogP contribution < -0.4 is 22.0 Å². The third-order valence-electron chi connectivity index (χ3n) is 14.2. The fourth-order valence-corrected chi connectivity index (χ4v) is 11.7. The van der Waals surface area contributed by atoms with Gasteiger partial charge in [-0.2, -0.15) is 5.11 Å². The van der Waals surface area contributed by atoms with Crippen LogP contribution >= 0.6 is 23.2 Å². The number of sulfone groups is 2. The summed E-state index contributed by atoms with van der Waals surface area (Å²) in [6.45, 7) is 14.0. The molecule has 22 heteroatoms. The van der Waals surface area contributed by atoms with Crippen LogP contribution in [0.3, 0.4) is 0 Å². The maximum absolute atomic E-state index is 12.6. The Kier molecular flexibility index (Phi) is 18.4. The van der Waals surface area contributed by atoms with Crippen molar-refractivity contribution in [3.8, 4) is 22.9 Å². The van der Waals surface area contributed by atoms with Crippen molar-refractivity contribution in [2.45, 2.75) is 94.8 Å². The van der Waals surface area contributed by atoms with Crippen LogP contribution in [-0.4, -0.2) is 60.6 Å². The first-order chi connectivity index (χ1) is 35.2. The zero-order valence-electron chi connectivity index (χ0n) is 43.4. The molecule has 9 rings (SSSR count). The Morgan fingerprint density at radius 2 is 1.25 bits per heavy atom. The van der Waals surface area contributed by atoms with E-state index >= 15 is 0 Å². The Bertz CT molecular complexity index is 3510. The average Bonchev–Trinajstić information content (AvgIpc) is 3.81. The summed E-state index contributed by atoms with van der Waals surface area (Å²) in [5, 5.41) is 41.9. The number of aromatic nitrogens is 4. The monoisotopic (exact) mass is 1150 g/mol. The van der Waals surface area contributed by atoms with E-state index in [1.165, 1.54) is 71.3 Å². The number of aromatic amines is 2. The maximum Gasteiger partial charge on any atom is 0.299 e. The van der Waals surface area contributed by atoms with Gasteiger partial charge in [0.05, 0.1) is 44.8 Å². The molecule has 7 N–H and O–H groups in total. The summed E-state index contributed by atoms with van der Waals surface area (Å²) >= 11 is 11.9. The Balaban J connectivity index is 0.000000185. The molecule has 0 spiro atoms. The van der Waals surface area contributed by atoms with Gasteiger partial charge in [-0.1, -0.05) is 99.5 Å². The fourth-order valence-electron chi connectivity index (χ4n) is 10.0. The number of H-pyrrole nitrogens is 2. The average molecular weight is 1150 g/mol. The van der Waals surface area contributed by atoms with Gasteiger partial charge in [0.25, 0.3) is 16.9 Å². The second-order valence-corrected chi connectivity index (χ2v) is 24.9. The molecule has 2 aliphatic carbocycles. The third kappa shape index (κ3) is 13.0. The van der Waals surface area contributed by atoms with E-state index in [1.807, 2.05) is 0 Å². The number of nitrogens with zero attached hydrogens (tertiary/aromatic N) is 6. The smallest absolute Gasteiger partial charge is 0.299 e. The summed E-state index contributed by atoms with van der Waals surface area (Å²) in [6.07, 6.45) is 8.81. The summed E-state index contributed by atoms with van der Waals surface area (Å²) < 4.78 is 49.1. The molecule has 17 nitrogen and oxygen atoms in total. The molecule has 0 radical (unpaired) electrons. The molecular formula is C54H62Cl2CrN9O8S2+. The minimum absolute atomic E-state index is 0. The largest absolute Gasteiger partial charge is 0.871 e. The molecule has 3 atom stereocenters. The number of azo groups is 2. The number of benzene rings is 5. The second-order valence-electron chi connectivity index (χ2n) is 20.0. The van der Waals surface area contributed by atoms with Crippen molar-refractivity contribution in [3.05, 3.63) is 162 Å². The molecule has 402 valence electrons. The molecule has 1 fully saturated rings. The van der Waals surface area contributed by atoms with Crippen LogP contribution in [0.5, 0.6) is 11.5 Å². The van der Waals surface area contributed by atoms with Gasteiger partial charge >= 0.3 is 0 Å². The summed E-state index contributed by atoms with van der Waals surface area (Å²) in [7, 11) is -6.95. The topological polar surface area (TPSA) is 267 Å². The van der Waals surface area contributed by atoms with Gasteiger partial charge < -0.3 is 15.9 Å². The number of rotatable bonds is 10. The Labute approximate surface area is 462 Å². The summed E-state index contributed by atoms with van der Waals surface area (Å²) in [4.78, 5) is 25.2. The van der Waals surface area contributed by atoms with Crippen LogP contribution in [0.25, 0.3) is 11.4 Å². The predicted octanol–water partition coefficient (Wildman–Crippen LogP) is 10.5. The van der Waals surface area contributed by atoms with Crippen molar-refractivity contribution in [2.75, 3.05) is 19.1 Å². The van der Waals surface area contributed by atoms with E-state index in [0.717, 1.165) is 37.1 Å². The minimum atomic E-state index is -3.50. The van der Waals surface area contributed by atoms with Crippen molar-refractivity contribution in [1.82, 2.24) is 19.6 Å². The number of hydrogen-bond acceptors (Lipinski definition) is 11. The zero-order chi connectivity index (χ0) is 54.8. The van der Waals surface area contributed by atoms with E-state index in [9.17, 15) is 31.5 Å². The van der Waals surface area contributed by atoms with Gasteiger partial charge in [-0.3, -0.25) is 19.8 Å². The zero-order valence-corrected chi connectivity index (χ0v) is 47.9. The van der Waals surface area contributed by atoms with Crippen molar-refractivity contribution >= 4 is 65.6 Å². The summed E-state index contributed by atoms with van der Waals surface area (Å²) in [5.41, 5.74) is 10.9. The molecule has 0 unspecified atom stereocenters. The Morgan fingerprint density at radius 1 is 0.737 bits per heavy atom. The molecule has 0 saturated heterocycles. The molecule has 2 aliphatic rings. The molecule has 0 bridgehead atoms. The van der Waals surface area contributed by atoms with Crippen LogP contribution in [0.4, 0.5) is 22.7 Å². The molecule has 0 aliphatic heterocycles. The van der Waals surface area contributed by atoms with Gasteiger partial charge in [0.15, 0.2) is 36.7 Å². The molecule has 5 aromatic carbocycles. The van der Waals surface area contributed by atoms with Gasteiger partial charge in [-0.15, -0.1) is 15.3 Å². The number of quaternary nitrogens is 1. The number of hydrogen-bond donors (Lipinski definition) is 3. The van der Waals surface area contributed by atoms with Gasteiger partial charge in [0.1, 0.15) is 0 Å². The first-order valence-corrected chi connectivity index (χ1v) is 28.8. The van der Waals surface area contributed by atoms with Crippen LogP contribution in [-0.2, 0) is 48.9 Å². The molecule has 7 aromatic rings. The van der Waals surface area contributed by atoms with Crippen LogP contribution in [0.2, 0.25) is 10.0 Å². The van der Waals surface area contributed by atoms with Crippen molar-refractivity contribution < 1.29 is 50.1 Å². The van der Waals surface area contributed by atoms with Gasteiger partial charge in [-0.25, -0.2) is 26.2 Å². The quantitative estimate of drug-likeness (QED) is 0.0879. The van der Waals surface area contributed by atoms with E-state index in [4.69, 9.17) is 28.3 Å². The fraction of sp³-hybridized carbons (Fsp3) is 0.333. The normalized spacial score (nSPS) is 18.3. The number of aryl methyl sites for hydroxylation is 3. The molecule has 2 heterocycles. The number of fused-ring (bicyclic) bond motifs is 3. The maximum atomic E-state index is 12.6. The first kappa shape index (κ1) is 59.1. The Hall–Kier alpha value is -6.11. The van der Waals surface area contributed by atoms with E-state index in [0.29, 0.717) is 49.6 Å².